The maximum Gasteiger partial charge on any atom is 0.286 e. The molecule has 0 bridgehead atoms. The van der Waals surface area contributed by atoms with Crippen LogP contribution in [-0.4, -0.2) is 34.7 Å². The third-order valence-electron chi connectivity index (χ3n) is 3.10. The SMILES string of the molecule is Cn1cc(C(=O)NOCCO)cc1C(=O)NNc1ccc(I)cc1F. The van der Waals surface area contributed by atoms with Crippen molar-refractivity contribution in [3.05, 3.63) is 51.1 Å². The highest BCUT2D eigenvalue weighted by atomic mass is 127. The van der Waals surface area contributed by atoms with Crippen molar-refractivity contribution in [2.75, 3.05) is 18.6 Å². The highest BCUT2D eigenvalue weighted by molar-refractivity contribution is 14.1. The van der Waals surface area contributed by atoms with Gasteiger partial charge < -0.3 is 9.67 Å². The molecular formula is C15H16FIN4O4. The molecule has 0 spiro atoms. The van der Waals surface area contributed by atoms with Gasteiger partial charge in [-0.25, -0.2) is 9.87 Å². The average molecular weight is 462 g/mol. The summed E-state index contributed by atoms with van der Waals surface area (Å²) >= 11 is 1.98. The second kappa shape index (κ2) is 8.78. The van der Waals surface area contributed by atoms with E-state index < -0.39 is 17.6 Å². The lowest BCUT2D eigenvalue weighted by Gasteiger charge is -2.10. The summed E-state index contributed by atoms with van der Waals surface area (Å²) in [5.41, 5.74) is 7.52. The van der Waals surface area contributed by atoms with Crippen LogP contribution in [0.2, 0.25) is 0 Å². The van der Waals surface area contributed by atoms with Gasteiger partial charge in [-0.15, -0.1) is 0 Å². The van der Waals surface area contributed by atoms with Crippen LogP contribution in [0.1, 0.15) is 20.8 Å². The summed E-state index contributed by atoms with van der Waals surface area (Å²) < 4.78 is 15.9. The van der Waals surface area contributed by atoms with Crippen molar-refractivity contribution in [1.82, 2.24) is 15.5 Å². The molecule has 2 amide bonds. The van der Waals surface area contributed by atoms with Crippen LogP contribution in [0.5, 0.6) is 0 Å². The van der Waals surface area contributed by atoms with Gasteiger partial charge in [-0.05, 0) is 46.9 Å². The van der Waals surface area contributed by atoms with Gasteiger partial charge in [0.25, 0.3) is 11.8 Å². The van der Waals surface area contributed by atoms with E-state index in [0.29, 0.717) is 0 Å². The highest BCUT2D eigenvalue weighted by Crippen LogP contribution is 2.16. The highest BCUT2D eigenvalue weighted by Gasteiger charge is 2.16. The average Bonchev–Trinajstić information content (AvgIpc) is 2.96. The van der Waals surface area contributed by atoms with Crippen molar-refractivity contribution in [3.63, 3.8) is 0 Å². The third-order valence-corrected chi connectivity index (χ3v) is 3.77. The molecule has 0 aliphatic heterocycles. The fourth-order valence-electron chi connectivity index (χ4n) is 1.91. The number of aryl methyl sites for hydroxylation is 1. The Morgan fingerprint density at radius 1 is 1.32 bits per heavy atom. The van der Waals surface area contributed by atoms with Gasteiger partial charge in [0.15, 0.2) is 0 Å². The number of anilines is 1. The first-order chi connectivity index (χ1) is 11.9. The summed E-state index contributed by atoms with van der Waals surface area (Å²) in [5, 5.41) is 8.59. The summed E-state index contributed by atoms with van der Waals surface area (Å²) in [6, 6.07) is 5.88. The number of carbonyl (C=O) groups excluding carboxylic acids is 2. The lowest BCUT2D eigenvalue weighted by atomic mass is 10.3. The molecule has 0 saturated carbocycles. The molecule has 1 aromatic heterocycles. The van der Waals surface area contributed by atoms with Gasteiger partial charge in [-0.2, -0.15) is 0 Å². The molecule has 25 heavy (non-hydrogen) atoms. The van der Waals surface area contributed by atoms with Crippen LogP contribution >= 0.6 is 22.6 Å². The van der Waals surface area contributed by atoms with E-state index in [2.05, 4.69) is 16.3 Å². The van der Waals surface area contributed by atoms with E-state index in [1.54, 1.807) is 13.1 Å². The first kappa shape index (κ1) is 19.1. The fraction of sp³-hybridized carbons (Fsp3) is 0.200. The van der Waals surface area contributed by atoms with Crippen molar-refractivity contribution in [2.24, 2.45) is 7.05 Å². The molecule has 2 aromatic rings. The van der Waals surface area contributed by atoms with Gasteiger partial charge in [-0.3, -0.25) is 25.3 Å². The predicted octanol–water partition coefficient (Wildman–Crippen LogP) is 1.18. The van der Waals surface area contributed by atoms with E-state index in [1.807, 2.05) is 22.6 Å². The van der Waals surface area contributed by atoms with Gasteiger partial charge in [0.2, 0.25) is 0 Å². The number of aliphatic hydroxyl groups excluding tert-OH is 1. The number of hydrogen-bond donors (Lipinski definition) is 4. The van der Waals surface area contributed by atoms with Crippen LogP contribution in [0, 0.1) is 9.39 Å². The second-order valence-electron chi connectivity index (χ2n) is 4.93. The summed E-state index contributed by atoms with van der Waals surface area (Å²) in [6.07, 6.45) is 1.44. The molecule has 0 atom stereocenters. The zero-order valence-corrected chi connectivity index (χ0v) is 15.3. The molecule has 0 aliphatic rings. The minimum absolute atomic E-state index is 0.0442. The molecule has 0 radical (unpaired) electrons. The number of carbonyl (C=O) groups is 2. The van der Waals surface area contributed by atoms with Crippen molar-refractivity contribution >= 4 is 40.1 Å². The number of nitrogens with one attached hydrogen (secondary N) is 3. The summed E-state index contributed by atoms with van der Waals surface area (Å²) in [6.45, 7) is -0.277. The Morgan fingerprint density at radius 3 is 2.76 bits per heavy atom. The number of hydrogen-bond acceptors (Lipinski definition) is 5. The normalized spacial score (nSPS) is 10.4. The Bertz CT molecular complexity index is 781. The van der Waals surface area contributed by atoms with Crippen molar-refractivity contribution in [3.8, 4) is 0 Å². The molecule has 1 aromatic carbocycles. The fourth-order valence-corrected chi connectivity index (χ4v) is 2.37. The number of rotatable bonds is 7. The van der Waals surface area contributed by atoms with Gasteiger partial charge in [0.05, 0.1) is 24.5 Å². The molecule has 1 heterocycles. The maximum absolute atomic E-state index is 13.7. The quantitative estimate of drug-likeness (QED) is 0.281. The van der Waals surface area contributed by atoms with Crippen LogP contribution in [0.15, 0.2) is 30.5 Å². The Kier molecular flexibility index (Phi) is 6.73. The zero-order valence-electron chi connectivity index (χ0n) is 13.2. The lowest BCUT2D eigenvalue weighted by molar-refractivity contribution is 0.0168. The Hall–Kier alpha value is -2.18. The third kappa shape index (κ3) is 5.14. The molecule has 0 unspecified atom stereocenters. The number of aliphatic hydroxyl groups is 1. The van der Waals surface area contributed by atoms with Gasteiger partial charge in [0.1, 0.15) is 11.5 Å². The minimum atomic E-state index is -0.556. The number of benzene rings is 1. The molecule has 4 N–H and O–H groups in total. The van der Waals surface area contributed by atoms with E-state index >= 15 is 0 Å². The molecule has 0 saturated heterocycles. The van der Waals surface area contributed by atoms with Crippen LogP contribution in [0.25, 0.3) is 0 Å². The number of amides is 2. The van der Waals surface area contributed by atoms with Crippen LogP contribution in [-0.2, 0) is 11.9 Å². The first-order valence-corrected chi connectivity index (χ1v) is 8.21. The largest absolute Gasteiger partial charge is 0.394 e. The number of halogens is 2. The van der Waals surface area contributed by atoms with Crippen molar-refractivity contribution < 1.29 is 23.9 Å². The number of hydrazine groups is 1. The Balaban J connectivity index is 2.00. The Morgan fingerprint density at radius 2 is 2.08 bits per heavy atom. The number of hydroxylamine groups is 1. The van der Waals surface area contributed by atoms with E-state index in [0.717, 1.165) is 3.57 Å². The van der Waals surface area contributed by atoms with Crippen LogP contribution in [0.4, 0.5) is 10.1 Å². The van der Waals surface area contributed by atoms with Crippen LogP contribution in [0.3, 0.4) is 0 Å². The minimum Gasteiger partial charge on any atom is -0.394 e. The van der Waals surface area contributed by atoms with E-state index in [1.165, 1.54) is 29.0 Å². The number of aromatic nitrogens is 1. The summed E-state index contributed by atoms with van der Waals surface area (Å²) in [5.74, 6) is -1.60. The van der Waals surface area contributed by atoms with Gasteiger partial charge >= 0.3 is 0 Å². The van der Waals surface area contributed by atoms with Gasteiger partial charge in [-0.1, -0.05) is 0 Å². The van der Waals surface area contributed by atoms with E-state index in [-0.39, 0.29) is 30.2 Å². The Labute approximate surface area is 156 Å². The summed E-state index contributed by atoms with van der Waals surface area (Å²) in [7, 11) is 1.59. The van der Waals surface area contributed by atoms with Gasteiger partial charge in [0, 0.05) is 16.8 Å². The molecule has 134 valence electrons. The smallest absolute Gasteiger partial charge is 0.286 e. The molecule has 2 rings (SSSR count). The van der Waals surface area contributed by atoms with Crippen molar-refractivity contribution in [1.29, 1.82) is 0 Å². The second-order valence-corrected chi connectivity index (χ2v) is 6.18. The lowest BCUT2D eigenvalue weighted by Crippen LogP contribution is -2.31. The van der Waals surface area contributed by atoms with Crippen molar-refractivity contribution in [2.45, 2.75) is 0 Å². The monoisotopic (exact) mass is 462 g/mol. The molecular weight excluding hydrogens is 446 g/mol. The molecule has 0 aliphatic carbocycles. The maximum atomic E-state index is 13.7. The first-order valence-electron chi connectivity index (χ1n) is 7.13. The van der Waals surface area contributed by atoms with E-state index in [4.69, 9.17) is 9.94 Å². The van der Waals surface area contributed by atoms with E-state index in [9.17, 15) is 14.0 Å². The zero-order chi connectivity index (χ0) is 18.4. The van der Waals surface area contributed by atoms with Crippen LogP contribution < -0.4 is 16.3 Å². The number of nitrogens with zero attached hydrogens (tertiary/aromatic N) is 1. The summed E-state index contributed by atoms with van der Waals surface area (Å²) in [4.78, 5) is 28.8. The predicted molar refractivity (Wildman–Crippen MR) is 96.1 cm³/mol. The topological polar surface area (TPSA) is 105 Å². The molecule has 8 nitrogen and oxygen atoms in total. The standard InChI is InChI=1S/C15H16FIN4O4/c1-21-8-9(14(23)20-25-5-4-22)6-13(21)15(24)19-18-12-3-2-10(17)7-11(12)16/h2-3,6-8,18,22H,4-5H2,1H3,(H,19,24)(H,20,23). The molecule has 10 heteroatoms. The molecule has 0 fully saturated rings.